The molecular weight excluding hydrogens is 256 g/mol. The molecule has 0 rings (SSSR count). The SMILES string of the molecule is CCNC(C)(CO)CCN(CCOCC)CCOCC. The van der Waals surface area contributed by atoms with Gasteiger partial charge < -0.3 is 19.9 Å². The van der Waals surface area contributed by atoms with Gasteiger partial charge in [0.2, 0.25) is 0 Å². The maximum Gasteiger partial charge on any atom is 0.0611 e. The topological polar surface area (TPSA) is 54.0 Å². The van der Waals surface area contributed by atoms with E-state index in [0.29, 0.717) is 0 Å². The second kappa shape index (κ2) is 12.5. The Morgan fingerprint density at radius 3 is 1.95 bits per heavy atom. The zero-order valence-electron chi connectivity index (χ0n) is 13.8. The Bertz CT molecular complexity index is 207. The molecule has 0 aliphatic heterocycles. The van der Waals surface area contributed by atoms with Gasteiger partial charge in [0.1, 0.15) is 0 Å². The number of likely N-dealkylation sites (N-methyl/N-ethyl adjacent to an activating group) is 1. The summed E-state index contributed by atoms with van der Waals surface area (Å²) < 4.78 is 10.9. The molecule has 0 amide bonds. The van der Waals surface area contributed by atoms with Crippen molar-refractivity contribution in [2.75, 3.05) is 59.2 Å². The maximum absolute atomic E-state index is 9.53. The lowest BCUT2D eigenvalue weighted by Gasteiger charge is -2.31. The van der Waals surface area contributed by atoms with E-state index in [4.69, 9.17) is 9.47 Å². The van der Waals surface area contributed by atoms with E-state index in [1.54, 1.807) is 0 Å². The second-order valence-electron chi connectivity index (χ2n) is 5.23. The Balaban J connectivity index is 4.16. The standard InChI is InChI=1S/C15H34N2O3/c1-5-16-15(4,14-18)8-9-17(10-12-19-6-2)11-13-20-7-3/h16,18H,5-14H2,1-4H3. The van der Waals surface area contributed by atoms with Crippen molar-refractivity contribution in [1.29, 1.82) is 0 Å². The van der Waals surface area contributed by atoms with Crippen LogP contribution in [-0.4, -0.2) is 74.8 Å². The minimum atomic E-state index is -0.204. The third-order valence-electron chi connectivity index (χ3n) is 3.44. The van der Waals surface area contributed by atoms with Crippen LogP contribution in [0.25, 0.3) is 0 Å². The van der Waals surface area contributed by atoms with Crippen LogP contribution in [0.2, 0.25) is 0 Å². The lowest BCUT2D eigenvalue weighted by atomic mass is 9.98. The van der Waals surface area contributed by atoms with Crippen LogP contribution in [0.5, 0.6) is 0 Å². The lowest BCUT2D eigenvalue weighted by molar-refractivity contribution is 0.0738. The highest BCUT2D eigenvalue weighted by Crippen LogP contribution is 2.09. The van der Waals surface area contributed by atoms with Crippen molar-refractivity contribution in [1.82, 2.24) is 10.2 Å². The van der Waals surface area contributed by atoms with E-state index in [9.17, 15) is 5.11 Å². The summed E-state index contributed by atoms with van der Waals surface area (Å²) in [6.45, 7) is 15.0. The molecule has 0 radical (unpaired) electrons. The minimum absolute atomic E-state index is 0.158. The first-order chi connectivity index (χ1) is 9.61. The molecule has 0 bridgehead atoms. The summed E-state index contributed by atoms with van der Waals surface area (Å²) in [6, 6.07) is 0. The van der Waals surface area contributed by atoms with Gasteiger partial charge >= 0.3 is 0 Å². The molecule has 0 aromatic heterocycles. The molecule has 0 aromatic rings. The quantitative estimate of drug-likeness (QED) is 0.469. The first-order valence-electron chi connectivity index (χ1n) is 7.85. The van der Waals surface area contributed by atoms with Crippen LogP contribution in [0.15, 0.2) is 0 Å². The van der Waals surface area contributed by atoms with Gasteiger partial charge in [-0.15, -0.1) is 0 Å². The summed E-state index contributed by atoms with van der Waals surface area (Å²) in [6.07, 6.45) is 0.912. The Hall–Kier alpha value is -0.200. The predicted molar refractivity (Wildman–Crippen MR) is 83.2 cm³/mol. The Morgan fingerprint density at radius 1 is 1.00 bits per heavy atom. The van der Waals surface area contributed by atoms with Gasteiger partial charge in [-0.1, -0.05) is 6.92 Å². The fourth-order valence-electron chi connectivity index (χ4n) is 2.07. The molecule has 1 unspecified atom stereocenters. The Morgan fingerprint density at radius 2 is 1.55 bits per heavy atom. The normalized spacial score (nSPS) is 14.7. The van der Waals surface area contributed by atoms with Crippen molar-refractivity contribution in [3.8, 4) is 0 Å². The number of aliphatic hydroxyl groups is 1. The van der Waals surface area contributed by atoms with Gasteiger partial charge in [0, 0.05) is 38.4 Å². The van der Waals surface area contributed by atoms with Crippen LogP contribution >= 0.6 is 0 Å². The third kappa shape index (κ3) is 9.66. The fraction of sp³-hybridized carbons (Fsp3) is 1.00. The lowest BCUT2D eigenvalue weighted by Crippen LogP contribution is -2.48. The molecule has 0 heterocycles. The number of ether oxygens (including phenoxy) is 2. The summed E-state index contributed by atoms with van der Waals surface area (Å²) in [5.74, 6) is 0. The van der Waals surface area contributed by atoms with Crippen LogP contribution < -0.4 is 5.32 Å². The van der Waals surface area contributed by atoms with Crippen molar-refractivity contribution < 1.29 is 14.6 Å². The molecule has 0 fully saturated rings. The highest BCUT2D eigenvalue weighted by molar-refractivity contribution is 4.83. The van der Waals surface area contributed by atoms with Gasteiger partial charge in [-0.2, -0.15) is 0 Å². The zero-order valence-corrected chi connectivity index (χ0v) is 13.8. The van der Waals surface area contributed by atoms with E-state index >= 15 is 0 Å². The Kier molecular flexibility index (Phi) is 12.4. The van der Waals surface area contributed by atoms with E-state index in [0.717, 1.165) is 59.0 Å². The Labute approximate surface area is 124 Å². The van der Waals surface area contributed by atoms with E-state index in [2.05, 4.69) is 24.1 Å². The van der Waals surface area contributed by atoms with Crippen LogP contribution in [0.1, 0.15) is 34.1 Å². The molecule has 0 saturated heterocycles. The summed E-state index contributed by atoms with van der Waals surface area (Å²) in [5, 5.41) is 12.9. The van der Waals surface area contributed by atoms with Gasteiger partial charge in [-0.25, -0.2) is 0 Å². The smallest absolute Gasteiger partial charge is 0.0611 e. The van der Waals surface area contributed by atoms with E-state index in [1.165, 1.54) is 0 Å². The van der Waals surface area contributed by atoms with Crippen molar-refractivity contribution in [2.45, 2.75) is 39.7 Å². The molecular formula is C15H34N2O3. The average Bonchev–Trinajstić information content (AvgIpc) is 2.45. The van der Waals surface area contributed by atoms with Gasteiger partial charge in [-0.3, -0.25) is 4.90 Å². The molecule has 0 aliphatic rings. The van der Waals surface area contributed by atoms with Gasteiger partial charge in [0.15, 0.2) is 0 Å². The van der Waals surface area contributed by atoms with E-state index < -0.39 is 0 Å². The number of nitrogens with one attached hydrogen (secondary N) is 1. The summed E-state index contributed by atoms with van der Waals surface area (Å²) >= 11 is 0. The van der Waals surface area contributed by atoms with E-state index in [-0.39, 0.29) is 12.1 Å². The molecule has 0 aromatic carbocycles. The predicted octanol–water partition coefficient (Wildman–Crippen LogP) is 1.11. The molecule has 5 heteroatoms. The largest absolute Gasteiger partial charge is 0.394 e. The minimum Gasteiger partial charge on any atom is -0.394 e. The van der Waals surface area contributed by atoms with E-state index in [1.807, 2.05) is 13.8 Å². The van der Waals surface area contributed by atoms with Gasteiger partial charge in [0.05, 0.1) is 19.8 Å². The highest BCUT2D eigenvalue weighted by atomic mass is 16.5. The summed E-state index contributed by atoms with van der Waals surface area (Å²) in [4.78, 5) is 2.34. The molecule has 20 heavy (non-hydrogen) atoms. The number of nitrogens with zero attached hydrogens (tertiary/aromatic N) is 1. The van der Waals surface area contributed by atoms with Crippen LogP contribution in [0.4, 0.5) is 0 Å². The van der Waals surface area contributed by atoms with Gasteiger partial charge in [0.25, 0.3) is 0 Å². The molecule has 2 N–H and O–H groups in total. The van der Waals surface area contributed by atoms with Crippen LogP contribution in [-0.2, 0) is 9.47 Å². The second-order valence-corrected chi connectivity index (χ2v) is 5.23. The maximum atomic E-state index is 9.53. The van der Waals surface area contributed by atoms with Crippen molar-refractivity contribution >= 4 is 0 Å². The van der Waals surface area contributed by atoms with Crippen LogP contribution in [0, 0.1) is 0 Å². The monoisotopic (exact) mass is 290 g/mol. The van der Waals surface area contributed by atoms with Crippen LogP contribution in [0.3, 0.4) is 0 Å². The molecule has 122 valence electrons. The molecule has 0 aliphatic carbocycles. The molecule has 0 saturated carbocycles. The first-order valence-corrected chi connectivity index (χ1v) is 7.85. The van der Waals surface area contributed by atoms with Crippen molar-refractivity contribution in [3.05, 3.63) is 0 Å². The fourth-order valence-corrected chi connectivity index (χ4v) is 2.07. The summed E-state index contributed by atoms with van der Waals surface area (Å²) in [7, 11) is 0. The van der Waals surface area contributed by atoms with Crippen molar-refractivity contribution in [3.63, 3.8) is 0 Å². The number of hydrogen-bond acceptors (Lipinski definition) is 5. The first kappa shape index (κ1) is 19.8. The third-order valence-corrected chi connectivity index (χ3v) is 3.44. The number of hydrogen-bond donors (Lipinski definition) is 2. The molecule has 0 spiro atoms. The number of aliphatic hydroxyl groups excluding tert-OH is 1. The van der Waals surface area contributed by atoms with Crippen molar-refractivity contribution in [2.24, 2.45) is 0 Å². The summed E-state index contributed by atoms with van der Waals surface area (Å²) in [5.41, 5.74) is -0.204. The molecule has 1 atom stereocenters. The van der Waals surface area contributed by atoms with Gasteiger partial charge in [-0.05, 0) is 33.7 Å². The average molecular weight is 290 g/mol. The zero-order chi connectivity index (χ0) is 15.3. The number of rotatable bonds is 14. The molecule has 5 nitrogen and oxygen atoms in total. The highest BCUT2D eigenvalue weighted by Gasteiger charge is 2.22.